The summed E-state index contributed by atoms with van der Waals surface area (Å²) in [6, 6.07) is 7.17. The minimum absolute atomic E-state index is 0.329. The van der Waals surface area contributed by atoms with Crippen molar-refractivity contribution in [3.8, 4) is 0 Å². The van der Waals surface area contributed by atoms with Crippen LogP contribution >= 0.6 is 0 Å². The average molecular weight is 283 g/mol. The molecule has 0 unspecified atom stereocenters. The van der Waals surface area contributed by atoms with Gasteiger partial charge in [-0.15, -0.1) is 0 Å². The first-order valence-electron chi connectivity index (χ1n) is 6.38. The number of nitrogens with zero attached hydrogens (tertiary/aromatic N) is 2. The molecular weight excluding hydrogens is 267 g/mol. The fourth-order valence-corrected chi connectivity index (χ4v) is 1.87. The number of nitrogens with one attached hydrogen (secondary N) is 1. The third-order valence-electron chi connectivity index (χ3n) is 2.85. The number of rotatable bonds is 5. The van der Waals surface area contributed by atoms with Crippen LogP contribution in [0, 0.1) is 0 Å². The fourth-order valence-electron chi connectivity index (χ4n) is 1.87. The number of hydrogen-bond acceptors (Lipinski definition) is 2. The van der Waals surface area contributed by atoms with Crippen LogP contribution in [0.4, 0.5) is 13.2 Å². The van der Waals surface area contributed by atoms with Gasteiger partial charge in [-0.25, -0.2) is 0 Å². The van der Waals surface area contributed by atoms with Crippen molar-refractivity contribution in [1.29, 1.82) is 0 Å². The molecule has 0 bridgehead atoms. The quantitative estimate of drug-likeness (QED) is 0.914. The van der Waals surface area contributed by atoms with E-state index in [1.807, 2.05) is 13.0 Å². The molecule has 1 heterocycles. The second-order valence-electron chi connectivity index (χ2n) is 4.48. The zero-order chi connectivity index (χ0) is 14.6. The highest BCUT2D eigenvalue weighted by Crippen LogP contribution is 2.29. The lowest BCUT2D eigenvalue weighted by atomic mass is 10.1. The molecule has 0 radical (unpaired) electrons. The maximum absolute atomic E-state index is 12.6. The zero-order valence-electron chi connectivity index (χ0n) is 11.1. The highest BCUT2D eigenvalue weighted by Gasteiger charge is 2.30. The molecule has 6 heteroatoms. The normalized spacial score (nSPS) is 11.8. The Morgan fingerprint density at radius 1 is 1.25 bits per heavy atom. The summed E-state index contributed by atoms with van der Waals surface area (Å²) in [4.78, 5) is 0. The molecule has 0 amide bonds. The highest BCUT2D eigenvalue weighted by atomic mass is 19.4. The third-order valence-corrected chi connectivity index (χ3v) is 2.85. The Hall–Kier alpha value is -1.82. The number of aromatic nitrogens is 2. The number of hydrogen-bond donors (Lipinski definition) is 1. The lowest BCUT2D eigenvalue weighted by molar-refractivity contribution is -0.137. The molecule has 2 aromatic rings. The summed E-state index contributed by atoms with van der Waals surface area (Å²) < 4.78 is 39.5. The van der Waals surface area contributed by atoms with Gasteiger partial charge in [0.1, 0.15) is 0 Å². The smallest absolute Gasteiger partial charge is 0.311 e. The Morgan fingerprint density at radius 3 is 2.75 bits per heavy atom. The molecule has 1 aromatic heterocycles. The van der Waals surface area contributed by atoms with E-state index < -0.39 is 11.7 Å². The van der Waals surface area contributed by atoms with Crippen molar-refractivity contribution in [1.82, 2.24) is 15.1 Å². The topological polar surface area (TPSA) is 29.9 Å². The van der Waals surface area contributed by atoms with E-state index in [0.717, 1.165) is 24.4 Å². The minimum atomic E-state index is -4.31. The van der Waals surface area contributed by atoms with Gasteiger partial charge < -0.3 is 5.32 Å². The van der Waals surface area contributed by atoms with Crippen molar-refractivity contribution in [3.63, 3.8) is 0 Å². The maximum Gasteiger partial charge on any atom is 0.416 e. The van der Waals surface area contributed by atoms with Crippen LogP contribution in [0.5, 0.6) is 0 Å². The van der Waals surface area contributed by atoms with Crippen LogP contribution in [0.15, 0.2) is 36.5 Å². The van der Waals surface area contributed by atoms with Gasteiger partial charge in [0.15, 0.2) is 0 Å². The van der Waals surface area contributed by atoms with Crippen LogP contribution in [0.3, 0.4) is 0 Å². The predicted molar refractivity (Wildman–Crippen MR) is 70.2 cm³/mol. The largest absolute Gasteiger partial charge is 0.416 e. The van der Waals surface area contributed by atoms with Crippen molar-refractivity contribution in [2.75, 3.05) is 6.54 Å². The molecule has 0 spiro atoms. The van der Waals surface area contributed by atoms with Gasteiger partial charge in [-0.2, -0.15) is 18.3 Å². The lowest BCUT2D eigenvalue weighted by Crippen LogP contribution is -2.12. The number of benzene rings is 1. The van der Waals surface area contributed by atoms with Crippen LogP contribution < -0.4 is 5.32 Å². The Balaban J connectivity index is 2.08. The third kappa shape index (κ3) is 3.84. The zero-order valence-corrected chi connectivity index (χ0v) is 11.1. The summed E-state index contributed by atoms with van der Waals surface area (Å²) in [6.45, 7) is 3.84. The van der Waals surface area contributed by atoms with Crippen molar-refractivity contribution in [3.05, 3.63) is 53.3 Å². The SMILES string of the molecule is CCNCc1ccn(Cc2cccc(C(F)(F)F)c2)n1. The fraction of sp³-hybridized carbons (Fsp3) is 0.357. The molecule has 108 valence electrons. The van der Waals surface area contributed by atoms with E-state index in [2.05, 4.69) is 10.4 Å². The molecule has 2 rings (SSSR count). The van der Waals surface area contributed by atoms with E-state index in [0.29, 0.717) is 18.7 Å². The summed E-state index contributed by atoms with van der Waals surface area (Å²) >= 11 is 0. The van der Waals surface area contributed by atoms with Crippen LogP contribution in [-0.2, 0) is 19.3 Å². The van der Waals surface area contributed by atoms with E-state index in [9.17, 15) is 13.2 Å². The molecule has 0 saturated heterocycles. The first kappa shape index (κ1) is 14.6. The molecule has 20 heavy (non-hydrogen) atoms. The van der Waals surface area contributed by atoms with E-state index in [1.54, 1.807) is 16.9 Å². The van der Waals surface area contributed by atoms with Crippen molar-refractivity contribution >= 4 is 0 Å². The highest BCUT2D eigenvalue weighted by molar-refractivity contribution is 5.25. The summed E-state index contributed by atoms with van der Waals surface area (Å²) in [7, 11) is 0. The number of halogens is 3. The Kier molecular flexibility index (Phi) is 4.44. The molecule has 0 aliphatic heterocycles. The monoisotopic (exact) mass is 283 g/mol. The first-order chi connectivity index (χ1) is 9.49. The van der Waals surface area contributed by atoms with Gasteiger partial charge in [0.05, 0.1) is 17.8 Å². The van der Waals surface area contributed by atoms with Gasteiger partial charge >= 0.3 is 6.18 Å². The van der Waals surface area contributed by atoms with Crippen LogP contribution in [0.2, 0.25) is 0 Å². The van der Waals surface area contributed by atoms with Crippen molar-refractivity contribution in [2.24, 2.45) is 0 Å². The van der Waals surface area contributed by atoms with Gasteiger partial charge in [0.25, 0.3) is 0 Å². The van der Waals surface area contributed by atoms with Gasteiger partial charge in [0, 0.05) is 12.7 Å². The standard InChI is InChI=1S/C14H16F3N3/c1-2-18-9-13-6-7-20(19-13)10-11-4-3-5-12(8-11)14(15,16)17/h3-8,18H,2,9-10H2,1H3. The number of alkyl halides is 3. The van der Waals surface area contributed by atoms with Crippen molar-refractivity contribution in [2.45, 2.75) is 26.2 Å². The first-order valence-corrected chi connectivity index (χ1v) is 6.38. The van der Waals surface area contributed by atoms with E-state index in [1.165, 1.54) is 6.07 Å². The Morgan fingerprint density at radius 2 is 2.05 bits per heavy atom. The lowest BCUT2D eigenvalue weighted by Gasteiger charge is -2.08. The molecule has 1 aromatic carbocycles. The van der Waals surface area contributed by atoms with Gasteiger partial charge in [-0.05, 0) is 30.3 Å². The van der Waals surface area contributed by atoms with Crippen LogP contribution in [0.25, 0.3) is 0 Å². The Labute approximate surface area is 115 Å². The van der Waals surface area contributed by atoms with E-state index >= 15 is 0 Å². The minimum Gasteiger partial charge on any atom is -0.311 e. The van der Waals surface area contributed by atoms with Gasteiger partial charge in [0.2, 0.25) is 0 Å². The van der Waals surface area contributed by atoms with E-state index in [4.69, 9.17) is 0 Å². The molecule has 3 nitrogen and oxygen atoms in total. The summed E-state index contributed by atoms with van der Waals surface area (Å²) in [6.07, 6.45) is -2.54. The van der Waals surface area contributed by atoms with Crippen molar-refractivity contribution < 1.29 is 13.2 Å². The molecule has 0 fully saturated rings. The molecule has 0 atom stereocenters. The second-order valence-corrected chi connectivity index (χ2v) is 4.48. The summed E-state index contributed by atoms with van der Waals surface area (Å²) in [5.74, 6) is 0. The van der Waals surface area contributed by atoms with Crippen LogP contribution in [0.1, 0.15) is 23.7 Å². The predicted octanol–water partition coefficient (Wildman–Crippen LogP) is 3.06. The molecule has 0 aliphatic carbocycles. The van der Waals surface area contributed by atoms with Crippen LogP contribution in [-0.4, -0.2) is 16.3 Å². The van der Waals surface area contributed by atoms with Gasteiger partial charge in [-0.1, -0.05) is 19.1 Å². The summed E-state index contributed by atoms with van der Waals surface area (Å²) in [5, 5.41) is 7.45. The Bertz CT molecular complexity index is 561. The molecular formula is C14H16F3N3. The molecule has 1 N–H and O–H groups in total. The summed E-state index contributed by atoms with van der Waals surface area (Å²) in [5.41, 5.74) is 0.826. The van der Waals surface area contributed by atoms with Gasteiger partial charge in [-0.3, -0.25) is 4.68 Å². The average Bonchev–Trinajstić information content (AvgIpc) is 2.83. The molecule has 0 aliphatic rings. The second kappa shape index (κ2) is 6.09. The maximum atomic E-state index is 12.6. The molecule has 0 saturated carbocycles. The van der Waals surface area contributed by atoms with E-state index in [-0.39, 0.29) is 0 Å².